The smallest absolute Gasteiger partial charge is 0.274 e. The molecule has 39 heavy (non-hydrogen) atoms. The number of carbonyl (C=O) groups is 1. The summed E-state index contributed by atoms with van der Waals surface area (Å²) in [5, 5.41) is 8.14. The van der Waals surface area contributed by atoms with E-state index >= 15 is 0 Å². The largest absolute Gasteiger partial charge is 0.331 e. The fourth-order valence-electron chi connectivity index (χ4n) is 4.00. The molecule has 3 aromatic rings. The number of hydrogen-bond acceptors (Lipinski definition) is 5. The van der Waals surface area contributed by atoms with E-state index in [1.807, 2.05) is 0 Å². The molecule has 0 fully saturated rings. The Morgan fingerprint density at radius 3 is 2.36 bits per heavy atom. The summed E-state index contributed by atoms with van der Waals surface area (Å²) in [4.78, 5) is 31.0. The lowest BCUT2D eigenvalue weighted by molar-refractivity contribution is 0.0527. The standard InChI is InChI=1S/C22H19F4N5O2.C4H10.C2H2/c23-14-5-2-6-15(24)20(14)16-7-12-3-1-4-13(21(12)30-29-16)10-31(11-18(25)26)22(33)17-8-28-19(32)9-27-17;1-4(2)3;1-2/h2,5-9,13,18H,1,3-4,10-11H2,(H,28,32);4H,1-3H3;1-2H. The quantitative estimate of drug-likeness (QED) is 0.338. The molecule has 1 atom stereocenters. The van der Waals surface area contributed by atoms with Crippen LogP contribution in [0.25, 0.3) is 11.3 Å². The average Bonchev–Trinajstić information content (AvgIpc) is 2.89. The van der Waals surface area contributed by atoms with Gasteiger partial charge in [-0.25, -0.2) is 22.5 Å². The van der Waals surface area contributed by atoms with Crippen molar-refractivity contribution in [3.63, 3.8) is 0 Å². The minimum Gasteiger partial charge on any atom is -0.331 e. The Morgan fingerprint density at radius 2 is 1.79 bits per heavy atom. The first-order valence-electron chi connectivity index (χ1n) is 12.3. The van der Waals surface area contributed by atoms with Crippen molar-refractivity contribution in [2.45, 2.75) is 52.4 Å². The Bertz CT molecular complexity index is 1280. The van der Waals surface area contributed by atoms with Gasteiger partial charge in [-0.2, -0.15) is 10.2 Å². The third kappa shape index (κ3) is 8.74. The van der Waals surface area contributed by atoms with E-state index in [1.165, 1.54) is 6.07 Å². The van der Waals surface area contributed by atoms with E-state index in [0.717, 1.165) is 35.3 Å². The van der Waals surface area contributed by atoms with Crippen LogP contribution in [-0.4, -0.2) is 50.5 Å². The number of terminal acetylenes is 1. The van der Waals surface area contributed by atoms with Crippen molar-refractivity contribution in [1.82, 2.24) is 25.1 Å². The van der Waals surface area contributed by atoms with Crippen molar-refractivity contribution in [2.24, 2.45) is 5.92 Å². The van der Waals surface area contributed by atoms with E-state index in [-0.39, 0.29) is 23.5 Å². The molecule has 0 saturated carbocycles. The summed E-state index contributed by atoms with van der Waals surface area (Å²) in [6.07, 6.45) is 9.02. The number of nitrogens with zero attached hydrogens (tertiary/aromatic N) is 4. The molecule has 2 heterocycles. The molecule has 1 unspecified atom stereocenters. The van der Waals surface area contributed by atoms with Gasteiger partial charge in [-0.15, -0.1) is 12.8 Å². The van der Waals surface area contributed by atoms with Crippen LogP contribution < -0.4 is 5.56 Å². The van der Waals surface area contributed by atoms with Crippen LogP contribution in [0.3, 0.4) is 0 Å². The maximum absolute atomic E-state index is 14.2. The molecule has 208 valence electrons. The first-order chi connectivity index (χ1) is 18.6. The SMILES string of the molecule is C#C.CC(C)C.O=C(c1c[nH]c(=O)cn1)N(CC(F)F)CC1CCCc2cc(-c3c(F)cccc3F)nnc21. The lowest BCUT2D eigenvalue weighted by Crippen LogP contribution is -2.39. The molecular weight excluding hydrogens is 514 g/mol. The van der Waals surface area contributed by atoms with Gasteiger partial charge in [-0.1, -0.05) is 26.8 Å². The average molecular weight is 546 g/mol. The number of aryl methyl sites for hydroxylation is 1. The molecule has 2 aromatic heterocycles. The molecule has 4 rings (SSSR count). The van der Waals surface area contributed by atoms with Crippen LogP contribution >= 0.6 is 0 Å². The Balaban J connectivity index is 0.000000815. The lowest BCUT2D eigenvalue weighted by atomic mass is 9.86. The van der Waals surface area contributed by atoms with E-state index in [4.69, 9.17) is 0 Å². The molecule has 1 amide bonds. The summed E-state index contributed by atoms with van der Waals surface area (Å²) in [6, 6.07) is 5.06. The highest BCUT2D eigenvalue weighted by atomic mass is 19.3. The number of carbonyl (C=O) groups excluding carboxylic acids is 1. The predicted octanol–water partition coefficient (Wildman–Crippen LogP) is 5.24. The molecule has 0 bridgehead atoms. The number of H-pyrrole nitrogens is 1. The molecule has 0 saturated heterocycles. The molecule has 7 nitrogen and oxygen atoms in total. The van der Waals surface area contributed by atoms with E-state index in [2.05, 4.69) is 53.8 Å². The van der Waals surface area contributed by atoms with Gasteiger partial charge in [0.2, 0.25) is 0 Å². The second kappa shape index (κ2) is 14.8. The summed E-state index contributed by atoms with van der Waals surface area (Å²) >= 11 is 0. The lowest BCUT2D eigenvalue weighted by Gasteiger charge is -2.30. The molecule has 1 aliphatic carbocycles. The molecule has 11 heteroatoms. The zero-order valence-electron chi connectivity index (χ0n) is 22.0. The number of rotatable bonds is 6. The topological polar surface area (TPSA) is 91.8 Å². The van der Waals surface area contributed by atoms with Crippen molar-refractivity contribution in [3.8, 4) is 24.1 Å². The highest BCUT2D eigenvalue weighted by molar-refractivity contribution is 5.92. The van der Waals surface area contributed by atoms with Gasteiger partial charge in [0.25, 0.3) is 17.9 Å². The number of alkyl halides is 2. The van der Waals surface area contributed by atoms with Crippen LogP contribution in [0, 0.1) is 30.4 Å². The van der Waals surface area contributed by atoms with Gasteiger partial charge in [0.05, 0.1) is 29.7 Å². The van der Waals surface area contributed by atoms with Crippen molar-refractivity contribution in [1.29, 1.82) is 0 Å². The fourth-order valence-corrected chi connectivity index (χ4v) is 4.00. The Kier molecular flexibility index (Phi) is 11.8. The third-order valence-electron chi connectivity index (χ3n) is 5.49. The molecule has 1 aliphatic rings. The Labute approximate surface area is 224 Å². The summed E-state index contributed by atoms with van der Waals surface area (Å²) in [6.45, 7) is 5.61. The number of aromatic amines is 1. The zero-order chi connectivity index (χ0) is 29.1. The van der Waals surface area contributed by atoms with E-state index in [0.29, 0.717) is 30.5 Å². The molecule has 0 aliphatic heterocycles. The van der Waals surface area contributed by atoms with Gasteiger partial charge in [-0.05, 0) is 48.9 Å². The molecule has 1 N–H and O–H groups in total. The zero-order valence-corrected chi connectivity index (χ0v) is 22.0. The normalized spacial score (nSPS) is 14.0. The molecule has 0 radical (unpaired) electrons. The van der Waals surface area contributed by atoms with Gasteiger partial charge in [0.1, 0.15) is 17.3 Å². The fraction of sp³-hybridized carbons (Fsp3) is 0.393. The molecule has 1 aromatic carbocycles. The maximum atomic E-state index is 14.2. The predicted molar refractivity (Wildman–Crippen MR) is 140 cm³/mol. The number of hydrogen-bond donors (Lipinski definition) is 1. The number of aromatic nitrogens is 4. The van der Waals surface area contributed by atoms with Crippen LogP contribution in [0.4, 0.5) is 17.6 Å². The maximum Gasteiger partial charge on any atom is 0.274 e. The summed E-state index contributed by atoms with van der Waals surface area (Å²) < 4.78 is 54.8. The van der Waals surface area contributed by atoms with Gasteiger partial charge in [0, 0.05) is 18.7 Å². The third-order valence-corrected chi connectivity index (χ3v) is 5.49. The highest BCUT2D eigenvalue weighted by Gasteiger charge is 2.30. The van der Waals surface area contributed by atoms with E-state index in [1.54, 1.807) is 6.07 Å². The number of benzene rings is 1. The van der Waals surface area contributed by atoms with Crippen LogP contribution in [0.2, 0.25) is 0 Å². The van der Waals surface area contributed by atoms with E-state index in [9.17, 15) is 27.2 Å². The summed E-state index contributed by atoms with van der Waals surface area (Å²) in [7, 11) is 0. The summed E-state index contributed by atoms with van der Waals surface area (Å²) in [5.41, 5.74) is 0.276. The van der Waals surface area contributed by atoms with Crippen LogP contribution in [0.1, 0.15) is 61.3 Å². The van der Waals surface area contributed by atoms with Gasteiger partial charge in [0.15, 0.2) is 0 Å². The van der Waals surface area contributed by atoms with Crippen LogP contribution in [0.5, 0.6) is 0 Å². The minimum atomic E-state index is -2.78. The van der Waals surface area contributed by atoms with Crippen molar-refractivity contribution in [2.75, 3.05) is 13.1 Å². The van der Waals surface area contributed by atoms with Gasteiger partial charge in [-0.3, -0.25) is 9.59 Å². The van der Waals surface area contributed by atoms with E-state index < -0.39 is 42.0 Å². The van der Waals surface area contributed by atoms with Crippen LogP contribution in [-0.2, 0) is 6.42 Å². The highest BCUT2D eigenvalue weighted by Crippen LogP contribution is 2.33. The second-order valence-corrected chi connectivity index (χ2v) is 9.46. The molecule has 0 spiro atoms. The monoisotopic (exact) mass is 545 g/mol. The number of fused-ring (bicyclic) bond motifs is 1. The Hall–Kier alpha value is -4.07. The summed E-state index contributed by atoms with van der Waals surface area (Å²) in [5.74, 6) is -1.85. The van der Waals surface area contributed by atoms with Gasteiger partial charge < -0.3 is 9.88 Å². The number of halogens is 4. The number of nitrogens with one attached hydrogen (secondary N) is 1. The van der Waals surface area contributed by atoms with Crippen molar-refractivity contribution < 1.29 is 22.4 Å². The molecular formula is C28H31F4N5O2. The van der Waals surface area contributed by atoms with Crippen molar-refractivity contribution >= 4 is 5.91 Å². The first kappa shape index (κ1) is 31.1. The van der Waals surface area contributed by atoms with Gasteiger partial charge >= 0.3 is 0 Å². The first-order valence-corrected chi connectivity index (χ1v) is 12.3. The second-order valence-electron chi connectivity index (χ2n) is 9.46. The Morgan fingerprint density at radius 1 is 1.15 bits per heavy atom. The van der Waals surface area contributed by atoms with Crippen LogP contribution in [0.15, 0.2) is 41.5 Å². The number of amides is 1. The minimum absolute atomic E-state index is 0.0444. The van der Waals surface area contributed by atoms with Crippen molar-refractivity contribution in [3.05, 3.63) is 75.6 Å².